The lowest BCUT2D eigenvalue weighted by atomic mass is 9.57. The van der Waals surface area contributed by atoms with Gasteiger partial charge in [-0.15, -0.1) is 0 Å². The first kappa shape index (κ1) is 42.3. The van der Waals surface area contributed by atoms with Gasteiger partial charge in [0.05, 0.1) is 19.4 Å². The smallest absolute Gasteiger partial charge is 0.229 e. The quantitative estimate of drug-likeness (QED) is 0.135. The molecular weight excluding hydrogens is 774 g/mol. The van der Waals surface area contributed by atoms with E-state index in [2.05, 4.69) is 51.2 Å². The van der Waals surface area contributed by atoms with Crippen LogP contribution in [0.1, 0.15) is 98.3 Å². The molecule has 4 heterocycles. The number of likely N-dealkylation sites (tertiary alicyclic amines) is 1. The highest BCUT2D eigenvalue weighted by Crippen LogP contribution is 2.55. The number of methoxy groups -OCH3 is 1. The molecule has 12 heteroatoms. The third-order valence-corrected chi connectivity index (χ3v) is 14.8. The lowest BCUT2D eigenvalue weighted by Gasteiger charge is -2.54. The molecule has 0 radical (unpaired) electrons. The number of anilines is 1. The molecule has 2 spiro atoms. The summed E-state index contributed by atoms with van der Waals surface area (Å²) in [7, 11) is 1.69. The molecule has 4 aliphatic heterocycles. The monoisotopic (exact) mass is 833 g/mol. The molecule has 3 aromatic carbocycles. The number of aromatic hydroxyl groups is 1. The number of imide groups is 1. The van der Waals surface area contributed by atoms with E-state index in [1.54, 1.807) is 19.2 Å². The summed E-state index contributed by atoms with van der Waals surface area (Å²) in [6.07, 6.45) is 14.3. The number of halogens is 1. The number of carbonyl (C=O) groups excluding carboxylic acids is 3. The second kappa shape index (κ2) is 17.9. The molecule has 2 aliphatic carbocycles. The van der Waals surface area contributed by atoms with Crippen LogP contribution >= 0.6 is 0 Å². The first-order valence-electron chi connectivity index (χ1n) is 22.0. The minimum atomic E-state index is -0.198. The number of rotatable bonds is 9. The van der Waals surface area contributed by atoms with Crippen molar-refractivity contribution in [2.45, 2.75) is 82.5 Å². The third kappa shape index (κ3) is 8.74. The molecule has 61 heavy (non-hydrogen) atoms. The molecule has 3 amide bonds. The number of primary amides is 1. The number of fused-ring (bicyclic) bond motifs is 1. The van der Waals surface area contributed by atoms with Crippen LogP contribution < -0.4 is 26.4 Å². The molecule has 4 fully saturated rings. The van der Waals surface area contributed by atoms with Gasteiger partial charge in [0.25, 0.3) is 0 Å². The summed E-state index contributed by atoms with van der Waals surface area (Å²) in [6.45, 7) is 5.42. The van der Waals surface area contributed by atoms with Gasteiger partial charge in [-0.25, -0.2) is 4.39 Å². The van der Waals surface area contributed by atoms with E-state index in [1.165, 1.54) is 18.4 Å². The number of phenolic OH excluding ortho intramolecular Hbond substituents is 1. The van der Waals surface area contributed by atoms with E-state index >= 15 is 4.39 Å². The van der Waals surface area contributed by atoms with Crippen LogP contribution in [0.4, 0.5) is 10.1 Å². The fourth-order valence-corrected chi connectivity index (χ4v) is 11.5. The van der Waals surface area contributed by atoms with Crippen molar-refractivity contribution in [3.63, 3.8) is 0 Å². The van der Waals surface area contributed by atoms with Gasteiger partial charge in [0, 0.05) is 60.5 Å². The Bertz CT molecular complexity index is 2150. The zero-order chi connectivity index (χ0) is 42.7. The lowest BCUT2D eigenvalue weighted by Crippen LogP contribution is -2.51. The number of benzene rings is 3. The SMILES string of the molecule is COc1cc(N2CCC3(CC2)CC(CN2CCC4(CC2)COC(N)=C4/C=C\CC2CCC(=O)NC2=O)C3)c(F)cc1C1c2ccc(O)cc2CCC1c1ccccc1.NC=O. The largest absolute Gasteiger partial charge is 0.508 e. The number of nitrogens with two attached hydrogens (primary N) is 2. The summed E-state index contributed by atoms with van der Waals surface area (Å²) in [5.74, 6) is 1.49. The Labute approximate surface area is 358 Å². The van der Waals surface area contributed by atoms with Gasteiger partial charge in [-0.3, -0.25) is 19.7 Å². The molecular formula is C49H60FN5O6. The molecule has 0 aromatic heterocycles. The van der Waals surface area contributed by atoms with Gasteiger partial charge in [0.1, 0.15) is 17.3 Å². The first-order valence-corrected chi connectivity index (χ1v) is 22.0. The molecule has 3 atom stereocenters. The van der Waals surface area contributed by atoms with Crippen molar-refractivity contribution in [2.75, 3.05) is 51.3 Å². The summed E-state index contributed by atoms with van der Waals surface area (Å²) in [4.78, 5) is 37.2. The van der Waals surface area contributed by atoms with Crippen molar-refractivity contribution in [1.82, 2.24) is 10.2 Å². The number of nitrogens with one attached hydrogen (secondary N) is 1. The molecule has 6 aliphatic rings. The number of hydrogen-bond acceptors (Lipinski definition) is 9. The minimum absolute atomic E-state index is 0.0832. The average Bonchev–Trinajstić information content (AvgIpc) is 3.55. The standard InChI is InChI=1S/C48H57FN4O5.CH3NO/c1-57-42-26-41(40(49)25-38(42)44-36(32-6-3-2-4-7-32)13-10-34-24-35(54)12-14-37(34)44)53-22-16-47(17-23-53)27-31(28-47)29-52-20-18-48(19-21-52)30-58-45(50)39(48)9-5-8-33-11-15-43(55)51-46(33)56;2-1-3/h2-7,9,12,14,24-26,31,33,36,44,54H,8,10-11,13,15-23,27-30,50H2,1H3,(H,51,55,56);1H,(H2,2,3)/b9-5-;. The van der Waals surface area contributed by atoms with Crippen molar-refractivity contribution in [3.05, 3.63) is 112 Å². The molecule has 9 rings (SSSR count). The molecule has 324 valence electrons. The van der Waals surface area contributed by atoms with Crippen molar-refractivity contribution in [3.8, 4) is 11.5 Å². The number of piperidine rings is 3. The number of allylic oxidation sites excluding steroid dienone is 2. The normalized spacial score (nSPS) is 24.8. The summed E-state index contributed by atoms with van der Waals surface area (Å²) in [5.41, 5.74) is 16.8. The van der Waals surface area contributed by atoms with Gasteiger partial charge >= 0.3 is 0 Å². The Morgan fingerprint density at radius 1 is 0.967 bits per heavy atom. The number of aryl methyl sites for hydroxylation is 1. The first-order chi connectivity index (χ1) is 29.5. The van der Waals surface area contributed by atoms with Crippen molar-refractivity contribution >= 4 is 23.9 Å². The van der Waals surface area contributed by atoms with E-state index in [0.29, 0.717) is 54.5 Å². The van der Waals surface area contributed by atoms with E-state index < -0.39 is 0 Å². The predicted octanol–water partition coefficient (Wildman–Crippen LogP) is 6.78. The van der Waals surface area contributed by atoms with E-state index in [9.17, 15) is 14.7 Å². The molecule has 11 nitrogen and oxygen atoms in total. The van der Waals surface area contributed by atoms with Crippen LogP contribution in [0.15, 0.2) is 84.3 Å². The highest BCUT2D eigenvalue weighted by atomic mass is 19.1. The molecule has 3 aromatic rings. The van der Waals surface area contributed by atoms with Gasteiger partial charge in [0.15, 0.2) is 5.88 Å². The van der Waals surface area contributed by atoms with Gasteiger partial charge in [-0.2, -0.15) is 0 Å². The molecule has 3 saturated heterocycles. The fourth-order valence-electron chi connectivity index (χ4n) is 11.5. The number of amides is 3. The summed E-state index contributed by atoms with van der Waals surface area (Å²) < 4.78 is 28.4. The van der Waals surface area contributed by atoms with Gasteiger partial charge in [-0.05, 0) is 129 Å². The van der Waals surface area contributed by atoms with Crippen LogP contribution in [0.25, 0.3) is 0 Å². The Kier molecular flexibility index (Phi) is 12.4. The maximum Gasteiger partial charge on any atom is 0.229 e. The Hall–Kier alpha value is -5.36. The lowest BCUT2D eigenvalue weighted by molar-refractivity contribution is -0.136. The maximum atomic E-state index is 16.4. The Morgan fingerprint density at radius 2 is 1.70 bits per heavy atom. The predicted molar refractivity (Wildman–Crippen MR) is 232 cm³/mol. The summed E-state index contributed by atoms with van der Waals surface area (Å²) in [5, 5.41) is 12.7. The number of hydrogen-bond donors (Lipinski definition) is 4. The Morgan fingerprint density at radius 3 is 2.41 bits per heavy atom. The Balaban J connectivity index is 0.00000166. The molecule has 0 bridgehead atoms. The van der Waals surface area contributed by atoms with E-state index in [1.807, 2.05) is 30.3 Å². The minimum Gasteiger partial charge on any atom is -0.508 e. The van der Waals surface area contributed by atoms with Crippen molar-refractivity contribution in [1.29, 1.82) is 0 Å². The highest BCUT2D eigenvalue weighted by molar-refractivity contribution is 5.98. The topological polar surface area (TPSA) is 160 Å². The van der Waals surface area contributed by atoms with Crippen LogP contribution in [-0.4, -0.2) is 74.7 Å². The van der Waals surface area contributed by atoms with Crippen LogP contribution in [0, 0.1) is 28.5 Å². The number of phenols is 1. The summed E-state index contributed by atoms with van der Waals surface area (Å²) >= 11 is 0. The number of ether oxygens (including phenoxy) is 2. The van der Waals surface area contributed by atoms with E-state index in [-0.39, 0.29) is 53.0 Å². The van der Waals surface area contributed by atoms with Gasteiger partial charge < -0.3 is 35.8 Å². The van der Waals surface area contributed by atoms with Gasteiger partial charge in [-0.1, -0.05) is 48.6 Å². The van der Waals surface area contributed by atoms with Crippen molar-refractivity contribution < 1.29 is 33.4 Å². The molecule has 1 saturated carbocycles. The van der Waals surface area contributed by atoms with Crippen LogP contribution in [0.2, 0.25) is 0 Å². The van der Waals surface area contributed by atoms with Crippen LogP contribution in [-0.2, 0) is 25.5 Å². The van der Waals surface area contributed by atoms with Crippen LogP contribution in [0.3, 0.4) is 0 Å². The number of carbonyl (C=O) groups is 3. The highest BCUT2D eigenvalue weighted by Gasteiger charge is 2.48. The van der Waals surface area contributed by atoms with Crippen LogP contribution in [0.5, 0.6) is 11.5 Å². The zero-order valence-electron chi connectivity index (χ0n) is 35.3. The van der Waals surface area contributed by atoms with E-state index in [0.717, 1.165) is 93.5 Å². The fraction of sp³-hybridized carbons (Fsp3) is 0.490. The third-order valence-electron chi connectivity index (χ3n) is 14.8. The maximum absolute atomic E-state index is 16.4. The van der Waals surface area contributed by atoms with Crippen molar-refractivity contribution in [2.24, 2.45) is 34.1 Å². The number of nitrogens with zero attached hydrogens (tertiary/aromatic N) is 2. The second-order valence-electron chi connectivity index (χ2n) is 18.3. The van der Waals surface area contributed by atoms with E-state index in [4.69, 9.17) is 20.0 Å². The van der Waals surface area contributed by atoms with Gasteiger partial charge in [0.2, 0.25) is 18.2 Å². The molecule has 6 N–H and O–H groups in total. The summed E-state index contributed by atoms with van der Waals surface area (Å²) in [6, 6.07) is 19.8. The average molecular weight is 834 g/mol. The second-order valence-corrected chi connectivity index (χ2v) is 18.3. The zero-order valence-corrected chi connectivity index (χ0v) is 35.3. The molecule has 3 unspecified atom stereocenters.